The van der Waals surface area contributed by atoms with Gasteiger partial charge in [0.15, 0.2) is 17.2 Å². The average molecular weight is 347 g/mol. The lowest BCUT2D eigenvalue weighted by Crippen LogP contribution is -2.44. The Bertz CT molecular complexity index is 427. The van der Waals surface area contributed by atoms with Gasteiger partial charge < -0.3 is 13.9 Å². The SMILES string of the molecule is COc1cc(Br)cc(OC)c1O[Si](C)(C)C(C)(C)C. The van der Waals surface area contributed by atoms with Crippen LogP contribution in [0, 0.1) is 0 Å². The van der Waals surface area contributed by atoms with Crippen LogP contribution in [-0.2, 0) is 0 Å². The van der Waals surface area contributed by atoms with Gasteiger partial charge in [-0.15, -0.1) is 0 Å². The van der Waals surface area contributed by atoms with E-state index in [1.54, 1.807) is 14.2 Å². The second kappa shape index (κ2) is 5.75. The molecule has 0 heterocycles. The molecule has 0 N–H and O–H groups in total. The molecule has 19 heavy (non-hydrogen) atoms. The standard InChI is InChI=1S/C14H23BrO3Si/c1-14(2,3)19(6,7)18-13-11(16-4)8-10(15)9-12(13)17-5/h8-9H,1-7H3. The minimum atomic E-state index is -1.93. The first kappa shape index (κ1) is 16.4. The Kier molecular flexibility index (Phi) is 4.95. The molecule has 0 fully saturated rings. The molecule has 1 aromatic carbocycles. The minimum absolute atomic E-state index is 0.121. The predicted octanol–water partition coefficient (Wildman–Crippen LogP) is 4.85. The van der Waals surface area contributed by atoms with Crippen molar-refractivity contribution in [3.63, 3.8) is 0 Å². The predicted molar refractivity (Wildman–Crippen MR) is 85.1 cm³/mol. The van der Waals surface area contributed by atoms with Gasteiger partial charge in [0.05, 0.1) is 14.2 Å². The number of halogens is 1. The van der Waals surface area contributed by atoms with Crippen molar-refractivity contribution >= 4 is 24.2 Å². The van der Waals surface area contributed by atoms with Gasteiger partial charge >= 0.3 is 0 Å². The Morgan fingerprint density at radius 3 is 1.74 bits per heavy atom. The Morgan fingerprint density at radius 2 is 1.42 bits per heavy atom. The molecule has 0 aromatic heterocycles. The molecule has 0 unspecified atom stereocenters. The van der Waals surface area contributed by atoms with Gasteiger partial charge in [-0.1, -0.05) is 36.7 Å². The van der Waals surface area contributed by atoms with Crippen LogP contribution in [0.3, 0.4) is 0 Å². The summed E-state index contributed by atoms with van der Waals surface area (Å²) in [5.41, 5.74) is 0. The summed E-state index contributed by atoms with van der Waals surface area (Å²) in [4.78, 5) is 0. The molecule has 0 amide bonds. The van der Waals surface area contributed by atoms with E-state index in [9.17, 15) is 0 Å². The maximum Gasteiger partial charge on any atom is 0.250 e. The molecular formula is C14H23BrO3Si. The third kappa shape index (κ3) is 3.66. The Balaban J connectivity index is 3.27. The van der Waals surface area contributed by atoms with E-state index in [1.165, 1.54) is 0 Å². The summed E-state index contributed by atoms with van der Waals surface area (Å²) in [6.45, 7) is 11.0. The van der Waals surface area contributed by atoms with Gasteiger partial charge in [0.1, 0.15) is 0 Å². The fraction of sp³-hybridized carbons (Fsp3) is 0.571. The lowest BCUT2D eigenvalue weighted by Gasteiger charge is -2.37. The van der Waals surface area contributed by atoms with Gasteiger partial charge in [0.25, 0.3) is 8.32 Å². The molecule has 108 valence electrons. The first-order valence-electron chi connectivity index (χ1n) is 6.23. The van der Waals surface area contributed by atoms with Crippen molar-refractivity contribution in [2.24, 2.45) is 0 Å². The molecule has 1 rings (SSSR count). The third-order valence-electron chi connectivity index (χ3n) is 3.59. The van der Waals surface area contributed by atoms with E-state index >= 15 is 0 Å². The summed E-state index contributed by atoms with van der Waals surface area (Å²) in [6, 6.07) is 3.79. The molecule has 0 spiro atoms. The summed E-state index contributed by atoms with van der Waals surface area (Å²) in [5.74, 6) is 2.08. The van der Waals surface area contributed by atoms with Crippen LogP contribution in [0.15, 0.2) is 16.6 Å². The van der Waals surface area contributed by atoms with Gasteiger partial charge in [-0.25, -0.2) is 0 Å². The van der Waals surface area contributed by atoms with Crippen molar-refractivity contribution in [2.75, 3.05) is 14.2 Å². The molecule has 0 atom stereocenters. The monoisotopic (exact) mass is 346 g/mol. The van der Waals surface area contributed by atoms with E-state index < -0.39 is 8.32 Å². The summed E-state index contributed by atoms with van der Waals surface area (Å²) < 4.78 is 18.1. The molecule has 0 aliphatic heterocycles. The van der Waals surface area contributed by atoms with Crippen LogP contribution in [0.4, 0.5) is 0 Å². The van der Waals surface area contributed by atoms with E-state index in [0.717, 1.165) is 4.47 Å². The van der Waals surface area contributed by atoms with E-state index in [0.29, 0.717) is 17.2 Å². The van der Waals surface area contributed by atoms with Crippen LogP contribution in [-0.4, -0.2) is 22.5 Å². The molecule has 0 radical (unpaired) electrons. The Hall–Kier alpha value is -0.683. The lowest BCUT2D eigenvalue weighted by molar-refractivity contribution is 0.354. The van der Waals surface area contributed by atoms with Crippen LogP contribution in [0.5, 0.6) is 17.2 Å². The number of ether oxygens (including phenoxy) is 2. The maximum atomic E-state index is 6.33. The number of benzene rings is 1. The zero-order valence-corrected chi connectivity index (χ0v) is 15.3. The zero-order chi connectivity index (χ0) is 14.8. The van der Waals surface area contributed by atoms with Gasteiger partial charge in [-0.05, 0) is 30.3 Å². The highest BCUT2D eigenvalue weighted by Crippen LogP contribution is 2.45. The average Bonchev–Trinajstić information content (AvgIpc) is 2.28. The smallest absolute Gasteiger partial charge is 0.250 e. The van der Waals surface area contributed by atoms with E-state index in [4.69, 9.17) is 13.9 Å². The summed E-state index contributed by atoms with van der Waals surface area (Å²) in [6.07, 6.45) is 0. The van der Waals surface area contributed by atoms with E-state index in [-0.39, 0.29) is 5.04 Å². The number of rotatable bonds is 4. The second-order valence-corrected chi connectivity index (χ2v) is 11.6. The highest BCUT2D eigenvalue weighted by molar-refractivity contribution is 9.10. The largest absolute Gasteiger partial charge is 0.539 e. The van der Waals surface area contributed by atoms with Crippen LogP contribution < -0.4 is 13.9 Å². The summed E-state index contributed by atoms with van der Waals surface area (Å²) >= 11 is 3.44. The van der Waals surface area contributed by atoms with E-state index in [1.807, 2.05) is 12.1 Å². The van der Waals surface area contributed by atoms with Crippen molar-refractivity contribution in [1.29, 1.82) is 0 Å². The van der Waals surface area contributed by atoms with Crippen LogP contribution in [0.25, 0.3) is 0 Å². The van der Waals surface area contributed by atoms with Gasteiger partial charge in [0.2, 0.25) is 0 Å². The van der Waals surface area contributed by atoms with Crippen LogP contribution in [0.1, 0.15) is 20.8 Å². The minimum Gasteiger partial charge on any atom is -0.539 e. The van der Waals surface area contributed by atoms with Crippen molar-refractivity contribution in [3.05, 3.63) is 16.6 Å². The molecule has 0 saturated heterocycles. The van der Waals surface area contributed by atoms with Gasteiger partial charge in [0, 0.05) is 4.47 Å². The van der Waals surface area contributed by atoms with Crippen molar-refractivity contribution in [3.8, 4) is 17.2 Å². The van der Waals surface area contributed by atoms with Gasteiger partial charge in [-0.3, -0.25) is 0 Å². The molecular weight excluding hydrogens is 324 g/mol. The number of hydrogen-bond donors (Lipinski definition) is 0. The number of methoxy groups -OCH3 is 2. The van der Waals surface area contributed by atoms with Crippen molar-refractivity contribution < 1.29 is 13.9 Å². The Labute approximate surface area is 125 Å². The molecule has 0 aliphatic rings. The van der Waals surface area contributed by atoms with Crippen molar-refractivity contribution in [2.45, 2.75) is 38.9 Å². The second-order valence-electron chi connectivity index (χ2n) is 6.00. The van der Waals surface area contributed by atoms with Crippen molar-refractivity contribution in [1.82, 2.24) is 0 Å². The Morgan fingerprint density at radius 1 is 1.00 bits per heavy atom. The fourth-order valence-corrected chi connectivity index (χ4v) is 2.79. The van der Waals surface area contributed by atoms with Gasteiger partial charge in [-0.2, -0.15) is 0 Å². The number of hydrogen-bond acceptors (Lipinski definition) is 3. The highest BCUT2D eigenvalue weighted by atomic mass is 79.9. The quantitative estimate of drug-likeness (QED) is 0.729. The molecule has 5 heteroatoms. The van der Waals surface area contributed by atoms with Crippen LogP contribution in [0.2, 0.25) is 18.1 Å². The third-order valence-corrected chi connectivity index (χ3v) is 8.37. The van der Waals surface area contributed by atoms with Crippen LogP contribution >= 0.6 is 15.9 Å². The highest BCUT2D eigenvalue weighted by Gasteiger charge is 2.40. The van der Waals surface area contributed by atoms with E-state index in [2.05, 4.69) is 49.8 Å². The first-order chi connectivity index (χ1) is 8.62. The lowest BCUT2D eigenvalue weighted by atomic mass is 10.2. The molecule has 0 aliphatic carbocycles. The topological polar surface area (TPSA) is 27.7 Å². The molecule has 0 bridgehead atoms. The molecule has 0 saturated carbocycles. The summed E-state index contributed by atoms with van der Waals surface area (Å²) in [5, 5.41) is 0.121. The molecule has 3 nitrogen and oxygen atoms in total. The normalized spacial score (nSPS) is 12.2. The first-order valence-corrected chi connectivity index (χ1v) is 9.93. The molecule has 1 aromatic rings. The fourth-order valence-electron chi connectivity index (χ4n) is 1.36. The maximum absolute atomic E-state index is 6.33. The summed E-state index contributed by atoms with van der Waals surface area (Å²) in [7, 11) is 1.34. The zero-order valence-electron chi connectivity index (χ0n) is 12.8.